The molecule has 0 spiro atoms. The summed E-state index contributed by atoms with van der Waals surface area (Å²) in [4.78, 5) is 38.0. The second kappa shape index (κ2) is 5.76. The average Bonchev–Trinajstić information content (AvgIpc) is 2.28. The fourth-order valence-corrected chi connectivity index (χ4v) is 1.15. The summed E-state index contributed by atoms with van der Waals surface area (Å²) in [7, 11) is 1.50. The normalized spacial score (nSPS) is 9.67. The predicted molar refractivity (Wildman–Crippen MR) is 63.1 cm³/mol. The number of carboxylic acids is 1. The van der Waals surface area contributed by atoms with E-state index in [1.165, 1.54) is 37.2 Å². The summed E-state index contributed by atoms with van der Waals surface area (Å²) >= 11 is 0. The molecule has 1 aromatic heterocycles. The van der Waals surface area contributed by atoms with Crippen LogP contribution in [0.1, 0.15) is 17.4 Å². The minimum atomic E-state index is -1.17. The zero-order chi connectivity index (χ0) is 13.7. The smallest absolute Gasteiger partial charge is 0.354 e. The van der Waals surface area contributed by atoms with Crippen molar-refractivity contribution in [2.45, 2.75) is 6.92 Å². The van der Waals surface area contributed by atoms with Gasteiger partial charge >= 0.3 is 5.97 Å². The Kier molecular flexibility index (Phi) is 4.36. The van der Waals surface area contributed by atoms with Crippen LogP contribution in [0.2, 0.25) is 0 Å². The average molecular weight is 251 g/mol. The molecule has 96 valence electrons. The number of hydrogen-bond acceptors (Lipinski definition) is 4. The first-order valence-corrected chi connectivity index (χ1v) is 5.11. The van der Waals surface area contributed by atoms with Crippen molar-refractivity contribution in [2.24, 2.45) is 0 Å². The Morgan fingerprint density at radius 2 is 2.11 bits per heavy atom. The number of carbonyl (C=O) groups excluding carboxylic acids is 2. The Balaban J connectivity index is 2.67. The van der Waals surface area contributed by atoms with E-state index in [0.717, 1.165) is 0 Å². The third kappa shape index (κ3) is 3.85. The van der Waals surface area contributed by atoms with E-state index in [2.05, 4.69) is 10.3 Å². The van der Waals surface area contributed by atoms with Crippen molar-refractivity contribution >= 4 is 23.5 Å². The minimum Gasteiger partial charge on any atom is -0.477 e. The second-order valence-electron chi connectivity index (χ2n) is 3.66. The van der Waals surface area contributed by atoms with Crippen LogP contribution in [0.5, 0.6) is 0 Å². The van der Waals surface area contributed by atoms with Gasteiger partial charge in [-0.25, -0.2) is 9.78 Å². The van der Waals surface area contributed by atoms with Gasteiger partial charge in [-0.05, 0) is 12.1 Å². The molecule has 0 aliphatic rings. The number of nitrogens with zero attached hydrogens (tertiary/aromatic N) is 2. The quantitative estimate of drug-likeness (QED) is 0.796. The number of amides is 2. The van der Waals surface area contributed by atoms with E-state index in [-0.39, 0.29) is 18.1 Å². The Labute approximate surface area is 103 Å². The first-order chi connectivity index (χ1) is 8.40. The van der Waals surface area contributed by atoms with Crippen LogP contribution in [0.15, 0.2) is 18.3 Å². The number of likely N-dealkylation sites (N-methyl/N-ethyl adjacent to an activating group) is 1. The lowest BCUT2D eigenvalue weighted by Gasteiger charge is -2.14. The molecule has 2 N–H and O–H groups in total. The van der Waals surface area contributed by atoms with Crippen molar-refractivity contribution in [1.82, 2.24) is 9.88 Å². The maximum Gasteiger partial charge on any atom is 0.354 e. The van der Waals surface area contributed by atoms with E-state index in [0.29, 0.717) is 5.69 Å². The first kappa shape index (κ1) is 13.6. The van der Waals surface area contributed by atoms with E-state index < -0.39 is 11.9 Å². The highest BCUT2D eigenvalue weighted by Gasteiger charge is 2.10. The lowest BCUT2D eigenvalue weighted by atomic mass is 10.3. The van der Waals surface area contributed by atoms with Gasteiger partial charge in [0.2, 0.25) is 11.8 Å². The summed E-state index contributed by atoms with van der Waals surface area (Å²) in [6.45, 7) is 1.25. The van der Waals surface area contributed by atoms with Crippen molar-refractivity contribution in [3.63, 3.8) is 0 Å². The van der Waals surface area contributed by atoms with E-state index in [1.54, 1.807) is 0 Å². The molecule has 0 aliphatic heterocycles. The molecule has 0 atom stereocenters. The molecular formula is C11H13N3O4. The Bertz CT molecular complexity index is 487. The molecule has 7 heteroatoms. The molecule has 0 fully saturated rings. The number of pyridine rings is 1. The van der Waals surface area contributed by atoms with Crippen LogP contribution in [0.3, 0.4) is 0 Å². The van der Waals surface area contributed by atoms with E-state index >= 15 is 0 Å². The molecule has 1 rings (SSSR count). The van der Waals surface area contributed by atoms with Crippen LogP contribution >= 0.6 is 0 Å². The van der Waals surface area contributed by atoms with Crippen LogP contribution in [0.4, 0.5) is 5.69 Å². The summed E-state index contributed by atoms with van der Waals surface area (Å²) in [6, 6.07) is 2.71. The monoisotopic (exact) mass is 251 g/mol. The topological polar surface area (TPSA) is 99.6 Å². The van der Waals surface area contributed by atoms with Gasteiger partial charge in [0.15, 0.2) is 0 Å². The van der Waals surface area contributed by atoms with Gasteiger partial charge < -0.3 is 15.3 Å². The summed E-state index contributed by atoms with van der Waals surface area (Å²) in [5, 5.41) is 11.2. The molecule has 2 amide bonds. The molecule has 0 aromatic carbocycles. The lowest BCUT2D eigenvalue weighted by molar-refractivity contribution is -0.131. The van der Waals surface area contributed by atoms with Gasteiger partial charge in [-0.3, -0.25) is 9.59 Å². The molecular weight excluding hydrogens is 238 g/mol. The lowest BCUT2D eigenvalue weighted by Crippen LogP contribution is -2.33. The highest BCUT2D eigenvalue weighted by Crippen LogP contribution is 2.07. The third-order valence-corrected chi connectivity index (χ3v) is 2.18. The maximum absolute atomic E-state index is 11.5. The third-order valence-electron chi connectivity index (χ3n) is 2.18. The highest BCUT2D eigenvalue weighted by molar-refractivity contribution is 5.95. The van der Waals surface area contributed by atoms with E-state index in [9.17, 15) is 14.4 Å². The molecule has 0 bridgehead atoms. The minimum absolute atomic E-state index is 0.0972. The van der Waals surface area contributed by atoms with Gasteiger partial charge in [0.1, 0.15) is 5.69 Å². The van der Waals surface area contributed by atoms with Gasteiger partial charge in [0, 0.05) is 25.9 Å². The fourth-order valence-electron chi connectivity index (χ4n) is 1.15. The molecule has 0 saturated heterocycles. The molecule has 0 aliphatic carbocycles. The van der Waals surface area contributed by atoms with Gasteiger partial charge in [0.25, 0.3) is 0 Å². The zero-order valence-corrected chi connectivity index (χ0v) is 10.0. The second-order valence-corrected chi connectivity index (χ2v) is 3.66. The van der Waals surface area contributed by atoms with Gasteiger partial charge in [-0.15, -0.1) is 0 Å². The van der Waals surface area contributed by atoms with Gasteiger partial charge in [0.05, 0.1) is 6.54 Å². The summed E-state index contributed by atoms with van der Waals surface area (Å²) in [5.74, 6) is -1.81. The number of aromatic nitrogens is 1. The van der Waals surface area contributed by atoms with Crippen molar-refractivity contribution in [2.75, 3.05) is 18.9 Å². The van der Waals surface area contributed by atoms with Crippen LogP contribution < -0.4 is 5.32 Å². The summed E-state index contributed by atoms with van der Waals surface area (Å²) < 4.78 is 0. The number of carboxylic acid groups (broad SMARTS) is 1. The standard InChI is InChI=1S/C11H13N3O4/c1-7(15)14(2)6-10(16)13-8-3-4-12-9(5-8)11(17)18/h3-5H,6H2,1-2H3,(H,17,18)(H,12,13,16). The number of hydrogen-bond donors (Lipinski definition) is 2. The number of rotatable bonds is 4. The molecule has 1 heterocycles. The molecule has 1 aromatic rings. The Morgan fingerprint density at radius 1 is 1.44 bits per heavy atom. The number of aromatic carboxylic acids is 1. The van der Waals surface area contributed by atoms with Gasteiger partial charge in [-0.1, -0.05) is 0 Å². The SMILES string of the molecule is CC(=O)N(C)CC(=O)Nc1ccnc(C(=O)O)c1. The van der Waals surface area contributed by atoms with Crippen LogP contribution in [0.25, 0.3) is 0 Å². The first-order valence-electron chi connectivity index (χ1n) is 5.11. The van der Waals surface area contributed by atoms with E-state index in [4.69, 9.17) is 5.11 Å². The predicted octanol–water partition coefficient (Wildman–Crippen LogP) is 0.197. The van der Waals surface area contributed by atoms with Crippen LogP contribution in [0, 0.1) is 0 Å². The maximum atomic E-state index is 11.5. The molecule has 0 radical (unpaired) electrons. The van der Waals surface area contributed by atoms with Crippen LogP contribution in [-0.4, -0.2) is 46.4 Å². The zero-order valence-electron chi connectivity index (χ0n) is 10.0. The summed E-state index contributed by atoms with van der Waals surface area (Å²) in [6.07, 6.45) is 1.29. The fraction of sp³-hybridized carbons (Fsp3) is 0.273. The number of anilines is 1. The summed E-state index contributed by atoms with van der Waals surface area (Å²) in [5.41, 5.74) is 0.164. The van der Waals surface area contributed by atoms with E-state index in [1.807, 2.05) is 0 Å². The molecule has 7 nitrogen and oxygen atoms in total. The Morgan fingerprint density at radius 3 is 2.67 bits per heavy atom. The van der Waals surface area contributed by atoms with Gasteiger partial charge in [-0.2, -0.15) is 0 Å². The highest BCUT2D eigenvalue weighted by atomic mass is 16.4. The number of carbonyl (C=O) groups is 3. The number of nitrogens with one attached hydrogen (secondary N) is 1. The molecule has 0 unspecified atom stereocenters. The molecule has 18 heavy (non-hydrogen) atoms. The largest absolute Gasteiger partial charge is 0.477 e. The molecule has 0 saturated carbocycles. The van der Waals surface area contributed by atoms with Crippen molar-refractivity contribution in [1.29, 1.82) is 0 Å². The van der Waals surface area contributed by atoms with Crippen molar-refractivity contribution in [3.8, 4) is 0 Å². The van der Waals surface area contributed by atoms with Crippen LogP contribution in [-0.2, 0) is 9.59 Å². The van der Waals surface area contributed by atoms with Crippen molar-refractivity contribution < 1.29 is 19.5 Å². The van der Waals surface area contributed by atoms with Crippen molar-refractivity contribution in [3.05, 3.63) is 24.0 Å². The Hall–Kier alpha value is -2.44.